The number of carbonyl (C=O) groups excluding carboxylic acids is 2. The third-order valence-corrected chi connectivity index (χ3v) is 8.18. The van der Waals surface area contributed by atoms with Crippen LogP contribution in [0.2, 0.25) is 0 Å². The molecule has 0 bridgehead atoms. The minimum absolute atomic E-state index is 0.0590. The largest absolute Gasteiger partial charge is 0.378 e. The highest BCUT2D eigenvalue weighted by Gasteiger charge is 2.25. The molecule has 1 atom stereocenters. The average Bonchev–Trinajstić information content (AvgIpc) is 3.50. The van der Waals surface area contributed by atoms with Crippen molar-refractivity contribution < 1.29 is 14.3 Å². The number of likely N-dealkylation sites (N-methyl/N-ethyl adjacent to an activating group) is 1. The number of aromatic amines is 1. The lowest BCUT2D eigenvalue weighted by molar-refractivity contribution is -0.127. The summed E-state index contributed by atoms with van der Waals surface area (Å²) in [5.41, 5.74) is 4.74. The summed E-state index contributed by atoms with van der Waals surface area (Å²) < 4.78 is 5.49. The molecule has 0 saturated carbocycles. The summed E-state index contributed by atoms with van der Waals surface area (Å²) in [4.78, 5) is 48.1. The van der Waals surface area contributed by atoms with Crippen LogP contribution in [0.25, 0.3) is 22.3 Å². The highest BCUT2D eigenvalue weighted by atomic mass is 16.5. The van der Waals surface area contributed by atoms with Crippen LogP contribution < -0.4 is 10.2 Å². The summed E-state index contributed by atoms with van der Waals surface area (Å²) >= 11 is 0. The molecule has 5 heterocycles. The number of nitrogens with zero attached hydrogens (tertiary/aromatic N) is 6. The van der Waals surface area contributed by atoms with Gasteiger partial charge in [0.15, 0.2) is 0 Å². The zero-order valence-electron chi connectivity index (χ0n) is 24.3. The summed E-state index contributed by atoms with van der Waals surface area (Å²) in [6, 6.07) is 13.7. The van der Waals surface area contributed by atoms with E-state index in [1.807, 2.05) is 43.4 Å². The monoisotopic (exact) mass is 580 g/mol. The van der Waals surface area contributed by atoms with Crippen LogP contribution in [-0.2, 0) is 16.1 Å². The number of hydrogen-bond acceptors (Lipinski definition) is 8. The normalized spacial score (nSPS) is 17.5. The number of ether oxygens (including phenoxy) is 1. The topological polar surface area (TPSA) is 120 Å². The Labute approximate surface area is 250 Å². The van der Waals surface area contributed by atoms with E-state index in [2.05, 4.69) is 47.7 Å². The van der Waals surface area contributed by atoms with Gasteiger partial charge in [0.1, 0.15) is 23.5 Å². The summed E-state index contributed by atoms with van der Waals surface area (Å²) in [5.74, 6) is 0.583. The van der Waals surface area contributed by atoms with Crippen molar-refractivity contribution in [1.82, 2.24) is 29.7 Å². The van der Waals surface area contributed by atoms with Crippen LogP contribution >= 0.6 is 0 Å². The van der Waals surface area contributed by atoms with Crippen molar-refractivity contribution >= 4 is 34.4 Å². The van der Waals surface area contributed by atoms with Crippen LogP contribution in [0.5, 0.6) is 0 Å². The Morgan fingerprint density at radius 1 is 1.12 bits per heavy atom. The van der Waals surface area contributed by atoms with E-state index in [-0.39, 0.29) is 17.9 Å². The first kappa shape index (κ1) is 28.5. The number of benzene rings is 1. The van der Waals surface area contributed by atoms with Crippen molar-refractivity contribution in [3.63, 3.8) is 0 Å². The molecule has 43 heavy (non-hydrogen) atoms. The number of hydrogen-bond donors (Lipinski definition) is 2. The van der Waals surface area contributed by atoms with Gasteiger partial charge in [-0.3, -0.25) is 19.5 Å². The van der Waals surface area contributed by atoms with Gasteiger partial charge in [-0.1, -0.05) is 18.7 Å². The minimum atomic E-state index is -0.265. The van der Waals surface area contributed by atoms with Gasteiger partial charge in [-0.15, -0.1) is 0 Å². The lowest BCUT2D eigenvalue weighted by Crippen LogP contribution is -2.47. The van der Waals surface area contributed by atoms with Gasteiger partial charge in [-0.05, 0) is 66.9 Å². The van der Waals surface area contributed by atoms with Crippen LogP contribution in [0.3, 0.4) is 0 Å². The fourth-order valence-electron chi connectivity index (χ4n) is 5.81. The smallest absolute Gasteiger partial charge is 0.274 e. The maximum absolute atomic E-state index is 13.1. The number of carbonyl (C=O) groups is 2. The number of likely N-dealkylation sites (tertiary alicyclic amines) is 1. The number of rotatable bonds is 8. The van der Waals surface area contributed by atoms with Gasteiger partial charge in [0.2, 0.25) is 5.91 Å². The van der Waals surface area contributed by atoms with Crippen molar-refractivity contribution in [3.8, 4) is 11.3 Å². The number of amides is 2. The fraction of sp³-hybridized carbons (Fsp3) is 0.344. The molecule has 2 fully saturated rings. The number of anilines is 2. The molecule has 2 amide bonds. The van der Waals surface area contributed by atoms with Crippen LogP contribution in [0.1, 0.15) is 28.9 Å². The second-order valence-electron chi connectivity index (χ2n) is 11.0. The Morgan fingerprint density at radius 3 is 2.72 bits per heavy atom. The third kappa shape index (κ3) is 6.42. The molecule has 2 N–H and O–H groups in total. The molecule has 222 valence electrons. The summed E-state index contributed by atoms with van der Waals surface area (Å²) in [5, 5.41) is 3.94. The Hall–Kier alpha value is -4.61. The average molecular weight is 581 g/mol. The molecule has 1 aromatic carbocycles. The van der Waals surface area contributed by atoms with Crippen molar-refractivity contribution in [3.05, 3.63) is 78.9 Å². The van der Waals surface area contributed by atoms with E-state index in [0.29, 0.717) is 31.1 Å². The highest BCUT2D eigenvalue weighted by Crippen LogP contribution is 2.30. The SMILES string of the molecule is C=CC(=O)N(C)C1CCCN(Cc2ccnc(C(=O)Nc3ccc(-c4cc5c(N6CCOCC6)ncnc5[nH]4)cc3)c2)C1. The Bertz CT molecular complexity index is 1610. The quantitative estimate of drug-likeness (QED) is 0.303. The van der Waals surface area contributed by atoms with E-state index < -0.39 is 0 Å². The first-order chi connectivity index (χ1) is 21.0. The van der Waals surface area contributed by atoms with Crippen molar-refractivity contribution in [2.45, 2.75) is 25.4 Å². The molecule has 2 aliphatic rings. The van der Waals surface area contributed by atoms with Crippen LogP contribution in [0, 0.1) is 0 Å². The summed E-state index contributed by atoms with van der Waals surface area (Å²) in [6.45, 7) is 8.99. The molecule has 11 heteroatoms. The maximum atomic E-state index is 13.1. The molecular formula is C32H36N8O3. The molecule has 6 rings (SSSR count). The first-order valence-corrected chi connectivity index (χ1v) is 14.6. The fourth-order valence-corrected chi connectivity index (χ4v) is 5.81. The first-order valence-electron chi connectivity index (χ1n) is 14.6. The molecular weight excluding hydrogens is 544 g/mol. The summed E-state index contributed by atoms with van der Waals surface area (Å²) in [6.07, 6.45) is 6.60. The van der Waals surface area contributed by atoms with Crippen molar-refractivity contribution in [2.75, 3.05) is 56.7 Å². The number of fused-ring (bicyclic) bond motifs is 1. The lowest BCUT2D eigenvalue weighted by atomic mass is 10.0. The minimum Gasteiger partial charge on any atom is -0.378 e. The van der Waals surface area contributed by atoms with Gasteiger partial charge in [-0.2, -0.15) is 0 Å². The maximum Gasteiger partial charge on any atom is 0.274 e. The zero-order chi connectivity index (χ0) is 29.8. The van der Waals surface area contributed by atoms with E-state index in [1.54, 1.807) is 17.4 Å². The second-order valence-corrected chi connectivity index (χ2v) is 11.0. The van der Waals surface area contributed by atoms with Gasteiger partial charge in [-0.25, -0.2) is 9.97 Å². The molecule has 2 saturated heterocycles. The van der Waals surface area contributed by atoms with E-state index in [4.69, 9.17) is 4.74 Å². The van der Waals surface area contributed by atoms with E-state index in [0.717, 1.165) is 72.7 Å². The second kappa shape index (κ2) is 12.7. The number of aromatic nitrogens is 4. The Kier molecular flexibility index (Phi) is 8.43. The number of H-pyrrole nitrogens is 1. The summed E-state index contributed by atoms with van der Waals surface area (Å²) in [7, 11) is 1.83. The Morgan fingerprint density at radius 2 is 1.93 bits per heavy atom. The standard InChI is InChI=1S/C32H36N8O3/c1-3-29(41)38(2)25-5-4-12-39(20-25)19-22-10-11-33-28(17-22)32(42)36-24-8-6-23(7-9-24)27-18-26-30(37-27)34-21-35-31(26)40-13-15-43-16-14-40/h3,6-11,17-18,21,25H,1,4-5,12-16,19-20H2,2H3,(H,36,42)(H,34,35,37). The van der Waals surface area contributed by atoms with Gasteiger partial charge in [0, 0.05) is 56.8 Å². The van der Waals surface area contributed by atoms with E-state index in [1.165, 1.54) is 6.08 Å². The molecule has 0 spiro atoms. The van der Waals surface area contributed by atoms with E-state index >= 15 is 0 Å². The van der Waals surface area contributed by atoms with Crippen LogP contribution in [-0.4, -0.2) is 94.0 Å². The molecule has 0 radical (unpaired) electrons. The Balaban J connectivity index is 1.10. The third-order valence-electron chi connectivity index (χ3n) is 8.18. The molecule has 3 aromatic heterocycles. The van der Waals surface area contributed by atoms with Crippen molar-refractivity contribution in [1.29, 1.82) is 0 Å². The van der Waals surface area contributed by atoms with Gasteiger partial charge >= 0.3 is 0 Å². The predicted octanol–water partition coefficient (Wildman–Crippen LogP) is 3.72. The lowest BCUT2D eigenvalue weighted by Gasteiger charge is -2.37. The van der Waals surface area contributed by atoms with Gasteiger partial charge < -0.3 is 24.8 Å². The van der Waals surface area contributed by atoms with Crippen LogP contribution in [0.4, 0.5) is 11.5 Å². The number of piperidine rings is 1. The number of pyridine rings is 1. The zero-order valence-corrected chi connectivity index (χ0v) is 24.3. The predicted molar refractivity (Wildman–Crippen MR) is 166 cm³/mol. The molecule has 1 unspecified atom stereocenters. The molecule has 11 nitrogen and oxygen atoms in total. The number of nitrogens with one attached hydrogen (secondary N) is 2. The molecule has 0 aliphatic carbocycles. The van der Waals surface area contributed by atoms with Crippen LogP contribution in [0.15, 0.2) is 67.6 Å². The number of morpholine rings is 1. The van der Waals surface area contributed by atoms with E-state index in [9.17, 15) is 9.59 Å². The van der Waals surface area contributed by atoms with Gasteiger partial charge in [0.05, 0.1) is 18.6 Å². The van der Waals surface area contributed by atoms with Crippen molar-refractivity contribution in [2.24, 2.45) is 0 Å². The molecule has 2 aliphatic heterocycles. The molecule has 4 aromatic rings. The van der Waals surface area contributed by atoms with Gasteiger partial charge in [0.25, 0.3) is 5.91 Å². The highest BCUT2D eigenvalue weighted by molar-refractivity contribution is 6.03.